The molecule has 2 heterocycles. The molecule has 0 radical (unpaired) electrons. The van der Waals surface area contributed by atoms with E-state index in [-0.39, 0.29) is 16.3 Å². The first kappa shape index (κ1) is 12.4. The molecule has 1 aromatic carbocycles. The van der Waals surface area contributed by atoms with Crippen molar-refractivity contribution in [1.29, 1.82) is 5.41 Å². The lowest BCUT2D eigenvalue weighted by Gasteiger charge is -2.11. The van der Waals surface area contributed by atoms with Gasteiger partial charge in [-0.1, -0.05) is 42.1 Å². The van der Waals surface area contributed by atoms with Gasteiger partial charge in [0.25, 0.3) is 0 Å². The molecule has 1 N–H and O–H groups in total. The highest BCUT2D eigenvalue weighted by molar-refractivity contribution is 8.16. The Bertz CT molecular complexity index is 598. The lowest BCUT2D eigenvalue weighted by molar-refractivity contribution is -0.116. The lowest BCUT2D eigenvalue weighted by atomic mass is 10.1. The number of anilines is 1. The van der Waals surface area contributed by atoms with Crippen molar-refractivity contribution in [2.24, 2.45) is 0 Å². The molecule has 19 heavy (non-hydrogen) atoms. The van der Waals surface area contributed by atoms with Gasteiger partial charge >= 0.3 is 0 Å². The van der Waals surface area contributed by atoms with Crippen molar-refractivity contribution in [3.8, 4) is 0 Å². The predicted octanol–water partition coefficient (Wildman–Crippen LogP) is 2.77. The van der Waals surface area contributed by atoms with Crippen LogP contribution in [0.3, 0.4) is 0 Å². The van der Waals surface area contributed by atoms with E-state index in [2.05, 4.69) is 4.98 Å². The second kappa shape index (κ2) is 5.14. The zero-order valence-electron chi connectivity index (χ0n) is 9.95. The Balaban J connectivity index is 1.79. The van der Waals surface area contributed by atoms with Gasteiger partial charge in [0, 0.05) is 11.6 Å². The molecule has 1 aromatic heterocycles. The number of thioether (sulfide) groups is 1. The van der Waals surface area contributed by atoms with Crippen molar-refractivity contribution >= 4 is 39.3 Å². The normalized spacial score (nSPS) is 19.2. The van der Waals surface area contributed by atoms with Crippen LogP contribution in [0.25, 0.3) is 0 Å². The molecule has 0 saturated carbocycles. The van der Waals surface area contributed by atoms with Crippen LogP contribution in [0.2, 0.25) is 0 Å². The van der Waals surface area contributed by atoms with Crippen LogP contribution in [-0.4, -0.2) is 21.3 Å². The highest BCUT2D eigenvalue weighted by Crippen LogP contribution is 2.33. The maximum absolute atomic E-state index is 12.3. The third-order valence-corrected chi connectivity index (χ3v) is 4.64. The van der Waals surface area contributed by atoms with Gasteiger partial charge in [0.15, 0.2) is 10.3 Å². The third kappa shape index (κ3) is 2.41. The number of amidine groups is 1. The number of nitrogens with one attached hydrogen (secondary N) is 1. The van der Waals surface area contributed by atoms with Gasteiger partial charge in [-0.3, -0.25) is 10.2 Å². The standard InChI is InChI=1S/C13H11N3OS2/c14-12-16(13-15-6-7-18-13)11(17)10(19-12)8-9-4-2-1-3-5-9/h1-7,10,14H,8H2. The predicted molar refractivity (Wildman–Crippen MR) is 78.9 cm³/mol. The van der Waals surface area contributed by atoms with Crippen LogP contribution in [0.5, 0.6) is 0 Å². The number of thiazole rings is 1. The van der Waals surface area contributed by atoms with Crippen molar-refractivity contribution in [3.63, 3.8) is 0 Å². The number of benzene rings is 1. The van der Waals surface area contributed by atoms with Crippen LogP contribution < -0.4 is 4.90 Å². The summed E-state index contributed by atoms with van der Waals surface area (Å²) in [5, 5.41) is 10.4. The summed E-state index contributed by atoms with van der Waals surface area (Å²) >= 11 is 2.68. The van der Waals surface area contributed by atoms with Gasteiger partial charge in [0.2, 0.25) is 5.91 Å². The first-order valence-corrected chi connectivity index (χ1v) is 7.54. The van der Waals surface area contributed by atoms with E-state index in [1.54, 1.807) is 6.20 Å². The number of hydrogen-bond donors (Lipinski definition) is 1. The summed E-state index contributed by atoms with van der Waals surface area (Å²) in [5.41, 5.74) is 1.11. The van der Waals surface area contributed by atoms with E-state index in [0.717, 1.165) is 5.56 Å². The van der Waals surface area contributed by atoms with E-state index in [1.807, 2.05) is 35.7 Å². The second-order valence-corrected chi connectivity index (χ2v) is 6.15. The van der Waals surface area contributed by atoms with Crippen LogP contribution in [0.1, 0.15) is 5.56 Å². The number of carbonyl (C=O) groups is 1. The fourth-order valence-electron chi connectivity index (χ4n) is 1.95. The number of amides is 1. The average molecular weight is 289 g/mol. The van der Waals surface area contributed by atoms with E-state index in [9.17, 15) is 4.79 Å². The summed E-state index contributed by atoms with van der Waals surface area (Å²) in [6.07, 6.45) is 2.30. The van der Waals surface area contributed by atoms with Crippen LogP contribution in [0, 0.1) is 5.41 Å². The topological polar surface area (TPSA) is 57.1 Å². The number of nitrogens with zero attached hydrogens (tertiary/aromatic N) is 2. The summed E-state index contributed by atoms with van der Waals surface area (Å²) < 4.78 is 0. The molecule has 1 amide bonds. The van der Waals surface area contributed by atoms with Gasteiger partial charge in [-0.2, -0.15) is 0 Å². The van der Waals surface area contributed by atoms with Gasteiger partial charge in [-0.15, -0.1) is 11.3 Å². The van der Waals surface area contributed by atoms with Crippen LogP contribution in [0.4, 0.5) is 5.13 Å². The van der Waals surface area contributed by atoms with E-state index in [1.165, 1.54) is 28.0 Å². The largest absolute Gasteiger partial charge is 0.278 e. The van der Waals surface area contributed by atoms with Crippen molar-refractivity contribution in [3.05, 3.63) is 47.5 Å². The Kier molecular flexibility index (Phi) is 3.35. The first-order chi connectivity index (χ1) is 9.25. The number of hydrogen-bond acceptors (Lipinski definition) is 5. The summed E-state index contributed by atoms with van der Waals surface area (Å²) in [4.78, 5) is 17.9. The molecule has 1 unspecified atom stereocenters. The minimum Gasteiger partial charge on any atom is -0.278 e. The summed E-state index contributed by atoms with van der Waals surface area (Å²) in [7, 11) is 0. The zero-order chi connectivity index (χ0) is 13.2. The first-order valence-electron chi connectivity index (χ1n) is 5.78. The molecule has 3 rings (SSSR count). The van der Waals surface area contributed by atoms with Gasteiger partial charge in [-0.25, -0.2) is 9.88 Å². The maximum atomic E-state index is 12.3. The fraction of sp³-hybridized carbons (Fsp3) is 0.154. The second-order valence-electron chi connectivity index (χ2n) is 4.09. The molecule has 1 aliphatic heterocycles. The number of aromatic nitrogens is 1. The van der Waals surface area contributed by atoms with Gasteiger partial charge in [-0.05, 0) is 12.0 Å². The minimum atomic E-state index is -0.223. The fourth-order valence-corrected chi connectivity index (χ4v) is 3.69. The molecule has 1 atom stereocenters. The van der Waals surface area contributed by atoms with Crippen LogP contribution in [-0.2, 0) is 11.2 Å². The molecular weight excluding hydrogens is 278 g/mol. The van der Waals surface area contributed by atoms with Gasteiger partial charge < -0.3 is 0 Å². The Labute approximate surface area is 119 Å². The molecular formula is C13H11N3OS2. The molecule has 0 spiro atoms. The molecule has 1 saturated heterocycles. The highest BCUT2D eigenvalue weighted by Gasteiger charge is 2.39. The Morgan fingerprint density at radius 3 is 2.79 bits per heavy atom. The highest BCUT2D eigenvalue weighted by atomic mass is 32.2. The van der Waals surface area contributed by atoms with Crippen molar-refractivity contribution in [2.45, 2.75) is 11.7 Å². The minimum absolute atomic E-state index is 0.0474. The Morgan fingerprint density at radius 2 is 2.11 bits per heavy atom. The van der Waals surface area contributed by atoms with Crippen molar-refractivity contribution in [2.75, 3.05) is 4.90 Å². The van der Waals surface area contributed by atoms with Gasteiger partial charge in [0.05, 0.1) is 5.25 Å². The Hall–Kier alpha value is -1.66. The quantitative estimate of drug-likeness (QED) is 0.945. The van der Waals surface area contributed by atoms with E-state index >= 15 is 0 Å². The monoisotopic (exact) mass is 289 g/mol. The van der Waals surface area contributed by atoms with Crippen molar-refractivity contribution < 1.29 is 4.79 Å². The molecule has 1 aliphatic rings. The molecule has 0 aliphatic carbocycles. The van der Waals surface area contributed by atoms with E-state index in [0.29, 0.717) is 11.6 Å². The van der Waals surface area contributed by atoms with Gasteiger partial charge in [0.1, 0.15) is 0 Å². The third-order valence-electron chi connectivity index (χ3n) is 2.83. The van der Waals surface area contributed by atoms with E-state index in [4.69, 9.17) is 5.41 Å². The molecule has 2 aromatic rings. The Morgan fingerprint density at radius 1 is 1.32 bits per heavy atom. The molecule has 1 fully saturated rings. The van der Waals surface area contributed by atoms with E-state index < -0.39 is 0 Å². The van der Waals surface area contributed by atoms with Crippen molar-refractivity contribution in [1.82, 2.24) is 4.98 Å². The summed E-state index contributed by atoms with van der Waals surface area (Å²) in [6.45, 7) is 0. The number of rotatable bonds is 3. The SMILES string of the molecule is N=C1SC(Cc2ccccc2)C(=O)N1c1nccs1. The molecule has 4 nitrogen and oxygen atoms in total. The zero-order valence-corrected chi connectivity index (χ0v) is 11.6. The average Bonchev–Trinajstić information content (AvgIpc) is 3.01. The lowest BCUT2D eigenvalue weighted by Crippen LogP contribution is -2.32. The number of carbonyl (C=O) groups excluding carboxylic acids is 1. The molecule has 6 heteroatoms. The van der Waals surface area contributed by atoms with Crippen LogP contribution >= 0.6 is 23.1 Å². The molecule has 96 valence electrons. The summed E-state index contributed by atoms with van der Waals surface area (Å²) in [6, 6.07) is 9.89. The molecule has 0 bridgehead atoms. The van der Waals surface area contributed by atoms with Crippen LogP contribution in [0.15, 0.2) is 41.9 Å². The smallest absolute Gasteiger partial charge is 0.248 e. The summed E-state index contributed by atoms with van der Waals surface area (Å²) in [5.74, 6) is -0.0474. The maximum Gasteiger partial charge on any atom is 0.248 e.